The van der Waals surface area contributed by atoms with Gasteiger partial charge in [-0.1, -0.05) is 24.4 Å². The SMILES string of the molecule is Cc1ccc(-c2noc(C3(N4CCOCC4)CCCCC3)n2)nn1. The largest absolute Gasteiger partial charge is 0.379 e. The van der Waals surface area contributed by atoms with Crippen LogP contribution < -0.4 is 0 Å². The average Bonchev–Trinajstić information content (AvgIpc) is 3.14. The van der Waals surface area contributed by atoms with Crippen molar-refractivity contribution in [2.45, 2.75) is 44.6 Å². The summed E-state index contributed by atoms with van der Waals surface area (Å²) in [5, 5.41) is 12.4. The topological polar surface area (TPSA) is 77.2 Å². The van der Waals surface area contributed by atoms with Crippen LogP contribution in [0.1, 0.15) is 43.7 Å². The molecule has 0 atom stereocenters. The third-order valence-corrected chi connectivity index (χ3v) is 5.15. The number of hydrogen-bond donors (Lipinski definition) is 0. The summed E-state index contributed by atoms with van der Waals surface area (Å²) in [6, 6.07) is 3.80. The molecule has 7 nitrogen and oxygen atoms in total. The first kappa shape index (κ1) is 15.7. The summed E-state index contributed by atoms with van der Waals surface area (Å²) in [7, 11) is 0. The van der Waals surface area contributed by atoms with Gasteiger partial charge in [-0.2, -0.15) is 10.1 Å². The predicted molar refractivity (Wildman–Crippen MR) is 87.2 cm³/mol. The molecule has 7 heteroatoms. The van der Waals surface area contributed by atoms with Crippen molar-refractivity contribution in [1.82, 2.24) is 25.2 Å². The number of hydrogen-bond acceptors (Lipinski definition) is 7. The second-order valence-electron chi connectivity index (χ2n) is 6.67. The number of aromatic nitrogens is 4. The maximum Gasteiger partial charge on any atom is 0.247 e. The maximum atomic E-state index is 5.73. The smallest absolute Gasteiger partial charge is 0.247 e. The molecule has 0 unspecified atom stereocenters. The lowest BCUT2D eigenvalue weighted by molar-refractivity contribution is -0.0535. The monoisotopic (exact) mass is 329 g/mol. The number of ether oxygens (including phenoxy) is 1. The van der Waals surface area contributed by atoms with Crippen LogP contribution in [0.4, 0.5) is 0 Å². The van der Waals surface area contributed by atoms with Crippen LogP contribution in [0.25, 0.3) is 11.5 Å². The van der Waals surface area contributed by atoms with Crippen LogP contribution >= 0.6 is 0 Å². The van der Waals surface area contributed by atoms with E-state index in [4.69, 9.17) is 14.2 Å². The number of rotatable bonds is 3. The van der Waals surface area contributed by atoms with Crippen LogP contribution in [0, 0.1) is 6.92 Å². The number of aryl methyl sites for hydroxylation is 1. The van der Waals surface area contributed by atoms with E-state index >= 15 is 0 Å². The van der Waals surface area contributed by atoms with Gasteiger partial charge < -0.3 is 9.26 Å². The second kappa shape index (κ2) is 6.57. The minimum absolute atomic E-state index is 0.147. The fourth-order valence-electron chi connectivity index (χ4n) is 3.83. The van der Waals surface area contributed by atoms with Gasteiger partial charge in [-0.3, -0.25) is 4.90 Å². The van der Waals surface area contributed by atoms with Gasteiger partial charge in [0.25, 0.3) is 0 Å². The molecule has 2 aromatic heterocycles. The Labute approximate surface area is 141 Å². The third-order valence-electron chi connectivity index (χ3n) is 5.15. The first-order valence-electron chi connectivity index (χ1n) is 8.76. The van der Waals surface area contributed by atoms with Crippen molar-refractivity contribution in [3.05, 3.63) is 23.7 Å². The first-order valence-corrected chi connectivity index (χ1v) is 8.76. The molecule has 0 spiro atoms. The Bertz CT molecular complexity index is 673. The lowest BCUT2D eigenvalue weighted by Gasteiger charge is -2.45. The predicted octanol–water partition coefficient (Wildman–Crippen LogP) is 2.33. The molecule has 128 valence electrons. The van der Waals surface area contributed by atoms with E-state index < -0.39 is 0 Å². The highest BCUT2D eigenvalue weighted by Gasteiger charge is 2.44. The van der Waals surface area contributed by atoms with E-state index in [1.54, 1.807) is 0 Å². The van der Waals surface area contributed by atoms with E-state index in [2.05, 4.69) is 20.3 Å². The highest BCUT2D eigenvalue weighted by atomic mass is 16.5. The molecular weight excluding hydrogens is 306 g/mol. The van der Waals surface area contributed by atoms with Gasteiger partial charge in [0.15, 0.2) is 0 Å². The van der Waals surface area contributed by atoms with Crippen molar-refractivity contribution in [2.24, 2.45) is 0 Å². The van der Waals surface area contributed by atoms with Crippen molar-refractivity contribution >= 4 is 0 Å². The summed E-state index contributed by atoms with van der Waals surface area (Å²) in [6.07, 6.45) is 5.79. The van der Waals surface area contributed by atoms with Gasteiger partial charge in [0, 0.05) is 13.1 Å². The lowest BCUT2D eigenvalue weighted by atomic mass is 9.79. The standard InChI is InChI=1S/C17H23N5O2/c1-13-5-6-14(20-19-13)15-18-16(24-21-15)17(7-3-2-4-8-17)22-9-11-23-12-10-22/h5-6H,2-4,7-12H2,1H3. The van der Waals surface area contributed by atoms with Crippen LogP contribution in [0.15, 0.2) is 16.7 Å². The maximum absolute atomic E-state index is 5.73. The number of nitrogens with zero attached hydrogens (tertiary/aromatic N) is 5. The van der Waals surface area contributed by atoms with Crippen molar-refractivity contribution in [3.63, 3.8) is 0 Å². The molecule has 0 bridgehead atoms. The van der Waals surface area contributed by atoms with Crippen LogP contribution in [0.2, 0.25) is 0 Å². The molecule has 1 aliphatic carbocycles. The lowest BCUT2D eigenvalue weighted by Crippen LogP contribution is -2.52. The highest BCUT2D eigenvalue weighted by molar-refractivity contribution is 5.47. The van der Waals surface area contributed by atoms with E-state index in [1.807, 2.05) is 19.1 Å². The van der Waals surface area contributed by atoms with Crippen LogP contribution in [0.3, 0.4) is 0 Å². The van der Waals surface area contributed by atoms with Crippen LogP contribution in [-0.4, -0.2) is 51.5 Å². The summed E-state index contributed by atoms with van der Waals surface area (Å²) < 4.78 is 11.3. The van der Waals surface area contributed by atoms with Gasteiger partial charge in [0.1, 0.15) is 11.2 Å². The molecule has 1 saturated carbocycles. The first-order chi connectivity index (χ1) is 11.8. The fraction of sp³-hybridized carbons (Fsp3) is 0.647. The molecule has 2 aromatic rings. The normalized spacial score (nSPS) is 21.7. The Kier molecular flexibility index (Phi) is 4.28. The number of morpholine rings is 1. The van der Waals surface area contributed by atoms with Gasteiger partial charge in [-0.25, -0.2) is 0 Å². The van der Waals surface area contributed by atoms with Crippen LogP contribution in [0.5, 0.6) is 0 Å². The summed E-state index contributed by atoms with van der Waals surface area (Å²) in [6.45, 7) is 5.29. The quantitative estimate of drug-likeness (QED) is 0.855. The molecule has 0 aromatic carbocycles. The van der Waals surface area contributed by atoms with Gasteiger partial charge in [0.2, 0.25) is 11.7 Å². The van der Waals surface area contributed by atoms with E-state index in [9.17, 15) is 0 Å². The molecule has 1 saturated heterocycles. The van der Waals surface area contributed by atoms with Crippen molar-refractivity contribution in [2.75, 3.05) is 26.3 Å². The molecule has 2 aliphatic rings. The fourth-order valence-corrected chi connectivity index (χ4v) is 3.83. The zero-order chi connectivity index (χ0) is 16.4. The Morgan fingerprint density at radius 2 is 1.83 bits per heavy atom. The molecule has 0 amide bonds. The minimum Gasteiger partial charge on any atom is -0.379 e. The van der Waals surface area contributed by atoms with Gasteiger partial charge in [0.05, 0.1) is 18.9 Å². The molecule has 0 radical (unpaired) electrons. The molecule has 24 heavy (non-hydrogen) atoms. The summed E-state index contributed by atoms with van der Waals surface area (Å²) in [5.41, 5.74) is 1.38. The molecule has 0 N–H and O–H groups in total. The average molecular weight is 329 g/mol. The zero-order valence-corrected chi connectivity index (χ0v) is 14.1. The molecule has 1 aliphatic heterocycles. The van der Waals surface area contributed by atoms with E-state index in [0.717, 1.165) is 50.7 Å². The van der Waals surface area contributed by atoms with Gasteiger partial charge >= 0.3 is 0 Å². The molecular formula is C17H23N5O2. The Balaban J connectivity index is 1.67. The molecule has 2 fully saturated rings. The third kappa shape index (κ3) is 2.82. The Morgan fingerprint density at radius 3 is 2.54 bits per heavy atom. The summed E-state index contributed by atoms with van der Waals surface area (Å²) >= 11 is 0. The van der Waals surface area contributed by atoms with Crippen LogP contribution in [-0.2, 0) is 10.3 Å². The molecule has 3 heterocycles. The zero-order valence-electron chi connectivity index (χ0n) is 14.1. The van der Waals surface area contributed by atoms with Gasteiger partial charge in [-0.05, 0) is 31.9 Å². The Morgan fingerprint density at radius 1 is 1.04 bits per heavy atom. The molecule has 4 rings (SSSR count). The van der Waals surface area contributed by atoms with Crippen molar-refractivity contribution < 1.29 is 9.26 Å². The Hall–Kier alpha value is -1.86. The summed E-state index contributed by atoms with van der Waals surface area (Å²) in [5.74, 6) is 1.25. The van der Waals surface area contributed by atoms with Gasteiger partial charge in [-0.15, -0.1) is 5.10 Å². The van der Waals surface area contributed by atoms with Crippen molar-refractivity contribution in [1.29, 1.82) is 0 Å². The van der Waals surface area contributed by atoms with E-state index in [0.29, 0.717) is 11.5 Å². The van der Waals surface area contributed by atoms with Crippen molar-refractivity contribution in [3.8, 4) is 11.5 Å². The minimum atomic E-state index is -0.147. The highest BCUT2D eigenvalue weighted by Crippen LogP contribution is 2.42. The summed E-state index contributed by atoms with van der Waals surface area (Å²) in [4.78, 5) is 7.20. The van der Waals surface area contributed by atoms with E-state index in [1.165, 1.54) is 19.3 Å². The second-order valence-corrected chi connectivity index (χ2v) is 6.67. The van der Waals surface area contributed by atoms with E-state index in [-0.39, 0.29) is 5.54 Å².